The van der Waals surface area contributed by atoms with Gasteiger partial charge in [-0.1, -0.05) is 30.3 Å². The SMILES string of the molecule is COC[C@@](C)(NCc1nc(N(C)C)no1)c1ccccc1. The lowest BCUT2D eigenvalue weighted by Gasteiger charge is -2.30. The Hall–Kier alpha value is -1.92. The quantitative estimate of drug-likeness (QED) is 0.838. The number of aromatic nitrogens is 2. The van der Waals surface area contributed by atoms with E-state index in [-0.39, 0.29) is 5.54 Å². The molecule has 21 heavy (non-hydrogen) atoms. The molecule has 0 amide bonds. The molecule has 0 saturated heterocycles. The standard InChI is InChI=1S/C15H22N4O2/c1-15(11-20-4,12-8-6-5-7-9-12)16-10-13-17-14(18-21-13)19(2)3/h5-9,16H,10-11H2,1-4H3/t15-/m1/s1. The van der Waals surface area contributed by atoms with E-state index >= 15 is 0 Å². The largest absolute Gasteiger partial charge is 0.382 e. The molecular weight excluding hydrogens is 268 g/mol. The molecule has 1 atom stereocenters. The van der Waals surface area contributed by atoms with Crippen LogP contribution in [0.2, 0.25) is 0 Å². The van der Waals surface area contributed by atoms with Gasteiger partial charge in [0.05, 0.1) is 18.7 Å². The first-order valence-electron chi connectivity index (χ1n) is 6.84. The second kappa shape index (κ2) is 6.69. The van der Waals surface area contributed by atoms with E-state index in [0.717, 1.165) is 5.56 Å². The van der Waals surface area contributed by atoms with Gasteiger partial charge in [-0.2, -0.15) is 4.98 Å². The Morgan fingerprint density at radius 1 is 1.29 bits per heavy atom. The predicted octanol–water partition coefficient (Wildman–Crippen LogP) is 1.79. The third kappa shape index (κ3) is 3.80. The van der Waals surface area contributed by atoms with E-state index in [1.54, 1.807) is 12.0 Å². The van der Waals surface area contributed by atoms with Gasteiger partial charge in [0.25, 0.3) is 5.95 Å². The van der Waals surface area contributed by atoms with E-state index in [1.165, 1.54) is 0 Å². The van der Waals surface area contributed by atoms with Crippen molar-refractivity contribution in [2.24, 2.45) is 0 Å². The average molecular weight is 290 g/mol. The number of hydrogen-bond donors (Lipinski definition) is 1. The predicted molar refractivity (Wildman–Crippen MR) is 81.1 cm³/mol. The molecule has 0 spiro atoms. The van der Waals surface area contributed by atoms with Gasteiger partial charge in [0, 0.05) is 21.2 Å². The van der Waals surface area contributed by atoms with Crippen LogP contribution in [0.3, 0.4) is 0 Å². The molecule has 1 aromatic heterocycles. The first-order valence-corrected chi connectivity index (χ1v) is 6.84. The Bertz CT molecular complexity index is 556. The summed E-state index contributed by atoms with van der Waals surface area (Å²) in [7, 11) is 5.45. The molecule has 2 aromatic rings. The van der Waals surface area contributed by atoms with Gasteiger partial charge in [-0.25, -0.2) is 0 Å². The summed E-state index contributed by atoms with van der Waals surface area (Å²) in [4.78, 5) is 6.12. The maximum atomic E-state index is 5.36. The third-order valence-corrected chi connectivity index (χ3v) is 3.33. The molecule has 1 aromatic carbocycles. The highest BCUT2D eigenvalue weighted by Gasteiger charge is 2.26. The smallest absolute Gasteiger partial charge is 0.265 e. The van der Waals surface area contributed by atoms with Gasteiger partial charge in [-0.3, -0.25) is 5.32 Å². The second-order valence-corrected chi connectivity index (χ2v) is 5.37. The van der Waals surface area contributed by atoms with Gasteiger partial charge in [0.1, 0.15) is 0 Å². The van der Waals surface area contributed by atoms with E-state index < -0.39 is 0 Å². The molecule has 114 valence electrons. The van der Waals surface area contributed by atoms with Crippen molar-refractivity contribution in [3.8, 4) is 0 Å². The van der Waals surface area contributed by atoms with E-state index in [4.69, 9.17) is 9.26 Å². The molecule has 0 aliphatic carbocycles. The van der Waals surface area contributed by atoms with Crippen LogP contribution in [0, 0.1) is 0 Å². The van der Waals surface area contributed by atoms with Crippen LogP contribution in [0.5, 0.6) is 0 Å². The Kier molecular flexibility index (Phi) is 4.93. The molecule has 1 N–H and O–H groups in total. The van der Waals surface area contributed by atoms with E-state index in [0.29, 0.717) is 25.0 Å². The first-order chi connectivity index (χ1) is 10.0. The van der Waals surface area contributed by atoms with Crippen molar-refractivity contribution in [3.63, 3.8) is 0 Å². The van der Waals surface area contributed by atoms with Gasteiger partial charge >= 0.3 is 0 Å². The fraction of sp³-hybridized carbons (Fsp3) is 0.467. The van der Waals surface area contributed by atoms with Gasteiger partial charge < -0.3 is 14.2 Å². The van der Waals surface area contributed by atoms with E-state index in [9.17, 15) is 0 Å². The molecule has 0 aliphatic rings. The molecule has 6 nitrogen and oxygen atoms in total. The lowest BCUT2D eigenvalue weighted by Crippen LogP contribution is -2.43. The molecule has 1 heterocycles. The Balaban J connectivity index is 2.09. The van der Waals surface area contributed by atoms with Crippen LogP contribution in [0.1, 0.15) is 18.4 Å². The minimum atomic E-state index is -0.317. The summed E-state index contributed by atoms with van der Waals surface area (Å²) in [6, 6.07) is 10.2. The van der Waals surface area contributed by atoms with Crippen molar-refractivity contribution in [1.29, 1.82) is 0 Å². The van der Waals surface area contributed by atoms with Gasteiger partial charge in [0.15, 0.2) is 0 Å². The van der Waals surface area contributed by atoms with Crippen molar-refractivity contribution in [2.45, 2.75) is 19.0 Å². The van der Waals surface area contributed by atoms with Crippen molar-refractivity contribution < 1.29 is 9.26 Å². The van der Waals surface area contributed by atoms with Crippen molar-refractivity contribution >= 4 is 5.95 Å². The number of nitrogens with zero attached hydrogens (tertiary/aromatic N) is 3. The third-order valence-electron chi connectivity index (χ3n) is 3.33. The summed E-state index contributed by atoms with van der Waals surface area (Å²) in [5.41, 5.74) is 0.835. The number of rotatable bonds is 7. The average Bonchev–Trinajstić information content (AvgIpc) is 2.96. The second-order valence-electron chi connectivity index (χ2n) is 5.37. The van der Waals surface area contributed by atoms with Crippen molar-refractivity contribution in [2.75, 3.05) is 32.7 Å². The molecule has 2 rings (SSSR count). The van der Waals surface area contributed by atoms with Crippen LogP contribution in [-0.4, -0.2) is 38.0 Å². The summed E-state index contributed by atoms with van der Waals surface area (Å²) < 4.78 is 10.6. The van der Waals surface area contributed by atoms with Crippen LogP contribution >= 0.6 is 0 Å². The van der Waals surface area contributed by atoms with Crippen LogP contribution in [0.4, 0.5) is 5.95 Å². The molecule has 0 radical (unpaired) electrons. The number of hydrogen-bond acceptors (Lipinski definition) is 6. The summed E-state index contributed by atoms with van der Waals surface area (Å²) in [5, 5.41) is 7.35. The first kappa shape index (κ1) is 15.5. The monoisotopic (exact) mass is 290 g/mol. The number of anilines is 1. The van der Waals surface area contributed by atoms with Crippen molar-refractivity contribution in [3.05, 3.63) is 41.8 Å². The molecule has 6 heteroatoms. The Morgan fingerprint density at radius 2 is 2.00 bits per heavy atom. The van der Waals surface area contributed by atoms with E-state index in [1.807, 2.05) is 32.3 Å². The van der Waals surface area contributed by atoms with Crippen LogP contribution in [0.25, 0.3) is 0 Å². The zero-order valence-corrected chi connectivity index (χ0v) is 13.0. The number of ether oxygens (including phenoxy) is 1. The molecule has 0 bridgehead atoms. The zero-order valence-electron chi connectivity index (χ0n) is 13.0. The van der Waals surface area contributed by atoms with E-state index in [2.05, 4.69) is 34.5 Å². The number of benzene rings is 1. The minimum absolute atomic E-state index is 0.317. The fourth-order valence-electron chi connectivity index (χ4n) is 2.10. The molecule has 0 saturated carbocycles. The molecule has 0 unspecified atom stereocenters. The maximum Gasteiger partial charge on any atom is 0.265 e. The number of methoxy groups -OCH3 is 1. The zero-order chi connectivity index (χ0) is 15.3. The molecule has 0 fully saturated rings. The van der Waals surface area contributed by atoms with Crippen LogP contribution < -0.4 is 10.2 Å². The molecular formula is C15H22N4O2. The highest BCUT2D eigenvalue weighted by atomic mass is 16.5. The summed E-state index contributed by atoms with van der Waals surface area (Å²) >= 11 is 0. The summed E-state index contributed by atoms with van der Waals surface area (Å²) in [5.74, 6) is 1.12. The summed E-state index contributed by atoms with van der Waals surface area (Å²) in [6.45, 7) is 3.12. The van der Waals surface area contributed by atoms with Crippen molar-refractivity contribution in [1.82, 2.24) is 15.5 Å². The normalized spacial score (nSPS) is 13.9. The Morgan fingerprint density at radius 3 is 2.57 bits per heavy atom. The fourth-order valence-corrected chi connectivity index (χ4v) is 2.10. The summed E-state index contributed by atoms with van der Waals surface area (Å²) in [6.07, 6.45) is 0. The van der Waals surface area contributed by atoms with Crippen LogP contribution in [0.15, 0.2) is 34.9 Å². The topological polar surface area (TPSA) is 63.4 Å². The van der Waals surface area contributed by atoms with Gasteiger partial charge in [-0.05, 0) is 17.6 Å². The highest BCUT2D eigenvalue weighted by Crippen LogP contribution is 2.21. The lowest BCUT2D eigenvalue weighted by molar-refractivity contribution is 0.114. The maximum absolute atomic E-state index is 5.36. The highest BCUT2D eigenvalue weighted by molar-refractivity contribution is 5.25. The minimum Gasteiger partial charge on any atom is -0.382 e. The Labute approximate surface area is 125 Å². The van der Waals surface area contributed by atoms with Crippen LogP contribution in [-0.2, 0) is 16.8 Å². The van der Waals surface area contributed by atoms with Gasteiger partial charge in [0.2, 0.25) is 5.89 Å². The van der Waals surface area contributed by atoms with Gasteiger partial charge in [-0.15, -0.1) is 0 Å². The molecule has 0 aliphatic heterocycles. The number of nitrogens with one attached hydrogen (secondary N) is 1. The lowest BCUT2D eigenvalue weighted by atomic mass is 9.93.